The molecule has 0 unspecified atom stereocenters. The third-order valence-electron chi connectivity index (χ3n) is 1.18. The fourth-order valence-corrected chi connectivity index (χ4v) is 0.549. The van der Waals surface area contributed by atoms with Gasteiger partial charge in [0, 0.05) is 5.57 Å². The average molecular weight is 158 g/mol. The second kappa shape index (κ2) is 5.95. The Hall–Kier alpha value is -1.80. The summed E-state index contributed by atoms with van der Waals surface area (Å²) < 4.78 is 0. The summed E-state index contributed by atoms with van der Waals surface area (Å²) in [7, 11) is 0. The van der Waals surface area contributed by atoms with Gasteiger partial charge in [0.05, 0.1) is 18.6 Å². The molecule has 2 nitrogen and oxygen atoms in total. The maximum atomic E-state index is 8.33. The highest BCUT2D eigenvalue weighted by molar-refractivity contribution is 5.32. The van der Waals surface area contributed by atoms with Crippen LogP contribution in [-0.2, 0) is 0 Å². The predicted molar refractivity (Wildman–Crippen MR) is 47.9 cm³/mol. The number of hydrogen-bond donors (Lipinski definition) is 0. The second-order valence-corrected chi connectivity index (χ2v) is 2.34. The summed E-state index contributed by atoms with van der Waals surface area (Å²) in [6, 6.07) is 3.93. The highest BCUT2D eigenvalue weighted by Crippen LogP contribution is 1.99. The minimum absolute atomic E-state index is 0.413. The molecule has 0 amide bonds. The van der Waals surface area contributed by atoms with Gasteiger partial charge in [-0.25, -0.2) is 0 Å². The Labute approximate surface area is 72.7 Å². The van der Waals surface area contributed by atoms with Crippen LogP contribution in [0.3, 0.4) is 0 Å². The Morgan fingerprint density at radius 1 is 1.50 bits per heavy atom. The minimum atomic E-state index is 0.413. The van der Waals surface area contributed by atoms with Crippen molar-refractivity contribution in [3.8, 4) is 12.1 Å². The Morgan fingerprint density at radius 2 is 2.17 bits per heavy atom. The molecule has 0 atom stereocenters. The zero-order valence-electron chi connectivity index (χ0n) is 7.04. The van der Waals surface area contributed by atoms with Crippen molar-refractivity contribution in [1.82, 2.24) is 0 Å². The third kappa shape index (κ3) is 5.02. The second-order valence-electron chi connectivity index (χ2n) is 2.34. The van der Waals surface area contributed by atoms with E-state index in [9.17, 15) is 0 Å². The van der Waals surface area contributed by atoms with Gasteiger partial charge in [0.25, 0.3) is 0 Å². The van der Waals surface area contributed by atoms with E-state index in [1.54, 1.807) is 18.2 Å². The lowest BCUT2D eigenvalue weighted by atomic mass is 10.2. The van der Waals surface area contributed by atoms with Gasteiger partial charge in [-0.2, -0.15) is 10.5 Å². The molecule has 12 heavy (non-hydrogen) atoms. The van der Waals surface area contributed by atoms with Crippen molar-refractivity contribution in [1.29, 1.82) is 10.5 Å². The standard InChI is InChI=1S/C10H10N2/c1-9(6-7-11)4-3-5-10(2)8-12/h3-5H,2,6H2,1H3/b5-3-,9-4+. The van der Waals surface area contributed by atoms with Crippen molar-refractivity contribution in [2.24, 2.45) is 0 Å². The first kappa shape index (κ1) is 10.2. The van der Waals surface area contributed by atoms with E-state index in [4.69, 9.17) is 10.5 Å². The summed E-state index contributed by atoms with van der Waals surface area (Å²) in [6.45, 7) is 5.34. The Morgan fingerprint density at radius 3 is 2.67 bits per heavy atom. The molecule has 0 radical (unpaired) electrons. The van der Waals surface area contributed by atoms with Gasteiger partial charge in [-0.15, -0.1) is 0 Å². The fraction of sp³-hybridized carbons (Fsp3) is 0.200. The van der Waals surface area contributed by atoms with E-state index in [1.165, 1.54) is 0 Å². The van der Waals surface area contributed by atoms with E-state index < -0.39 is 0 Å². The molecule has 0 spiro atoms. The predicted octanol–water partition coefficient (Wildman–Crippen LogP) is 2.48. The molecule has 0 fully saturated rings. The van der Waals surface area contributed by atoms with E-state index in [0.29, 0.717) is 12.0 Å². The van der Waals surface area contributed by atoms with Crippen molar-refractivity contribution < 1.29 is 0 Å². The van der Waals surface area contributed by atoms with Crippen LogP contribution in [0.5, 0.6) is 0 Å². The maximum absolute atomic E-state index is 8.33. The smallest absolute Gasteiger partial charge is 0.0985 e. The maximum Gasteiger partial charge on any atom is 0.0985 e. The van der Waals surface area contributed by atoms with Crippen molar-refractivity contribution in [3.05, 3.63) is 36.0 Å². The monoisotopic (exact) mass is 158 g/mol. The van der Waals surface area contributed by atoms with Gasteiger partial charge in [-0.05, 0) is 13.0 Å². The van der Waals surface area contributed by atoms with E-state index in [2.05, 4.69) is 6.58 Å². The molecule has 0 aliphatic heterocycles. The summed E-state index contributed by atoms with van der Waals surface area (Å²) in [4.78, 5) is 0. The minimum Gasteiger partial charge on any atom is -0.198 e. The highest BCUT2D eigenvalue weighted by atomic mass is 14.2. The number of allylic oxidation sites excluding steroid dienone is 5. The molecular formula is C10H10N2. The topological polar surface area (TPSA) is 47.6 Å². The van der Waals surface area contributed by atoms with Gasteiger partial charge < -0.3 is 0 Å². The fourth-order valence-electron chi connectivity index (χ4n) is 0.549. The van der Waals surface area contributed by atoms with Crippen LogP contribution in [0.15, 0.2) is 36.0 Å². The third-order valence-corrected chi connectivity index (χ3v) is 1.18. The molecular weight excluding hydrogens is 148 g/mol. The number of nitriles is 2. The van der Waals surface area contributed by atoms with Crippen molar-refractivity contribution >= 4 is 0 Å². The van der Waals surface area contributed by atoms with Gasteiger partial charge in [0.2, 0.25) is 0 Å². The quantitative estimate of drug-likeness (QED) is 0.468. The van der Waals surface area contributed by atoms with E-state index in [0.717, 1.165) is 5.57 Å². The lowest BCUT2D eigenvalue weighted by Crippen LogP contribution is -1.70. The van der Waals surface area contributed by atoms with E-state index >= 15 is 0 Å². The van der Waals surface area contributed by atoms with Crippen LogP contribution in [0, 0.1) is 22.7 Å². The number of rotatable bonds is 3. The molecule has 0 bridgehead atoms. The molecule has 0 N–H and O–H groups in total. The lowest BCUT2D eigenvalue weighted by molar-refractivity contribution is 1.21. The lowest BCUT2D eigenvalue weighted by Gasteiger charge is -1.86. The van der Waals surface area contributed by atoms with Gasteiger partial charge in [-0.3, -0.25) is 0 Å². The molecule has 0 aromatic carbocycles. The Bertz CT molecular complexity index is 295. The summed E-state index contributed by atoms with van der Waals surface area (Å²) in [5.74, 6) is 0. The summed E-state index contributed by atoms with van der Waals surface area (Å²) in [5.41, 5.74) is 1.38. The summed E-state index contributed by atoms with van der Waals surface area (Å²) in [5, 5.41) is 16.6. The Kier molecular flexibility index (Phi) is 5.05. The van der Waals surface area contributed by atoms with Crippen LogP contribution in [0.4, 0.5) is 0 Å². The molecule has 0 aliphatic rings. The van der Waals surface area contributed by atoms with E-state index in [1.807, 2.05) is 19.1 Å². The molecule has 0 saturated carbocycles. The van der Waals surface area contributed by atoms with Crippen LogP contribution < -0.4 is 0 Å². The first-order chi connectivity index (χ1) is 5.70. The highest BCUT2D eigenvalue weighted by Gasteiger charge is 1.83. The molecule has 0 aromatic heterocycles. The van der Waals surface area contributed by atoms with Crippen molar-refractivity contribution in [3.63, 3.8) is 0 Å². The first-order valence-electron chi connectivity index (χ1n) is 3.50. The normalized spacial score (nSPS) is 10.8. The largest absolute Gasteiger partial charge is 0.198 e. The van der Waals surface area contributed by atoms with Gasteiger partial charge in [0.1, 0.15) is 0 Å². The zero-order valence-corrected chi connectivity index (χ0v) is 7.04. The molecule has 0 aromatic rings. The van der Waals surface area contributed by atoms with E-state index in [-0.39, 0.29) is 0 Å². The molecule has 0 aliphatic carbocycles. The molecule has 0 heterocycles. The first-order valence-corrected chi connectivity index (χ1v) is 3.50. The average Bonchev–Trinajstić information content (AvgIpc) is 2.04. The summed E-state index contributed by atoms with van der Waals surface area (Å²) >= 11 is 0. The van der Waals surface area contributed by atoms with Crippen LogP contribution in [0.25, 0.3) is 0 Å². The molecule has 0 rings (SSSR count). The van der Waals surface area contributed by atoms with Crippen LogP contribution in [0.2, 0.25) is 0 Å². The van der Waals surface area contributed by atoms with Gasteiger partial charge in [0.15, 0.2) is 0 Å². The van der Waals surface area contributed by atoms with Crippen LogP contribution in [0.1, 0.15) is 13.3 Å². The zero-order chi connectivity index (χ0) is 9.40. The summed E-state index contributed by atoms with van der Waals surface area (Å²) in [6.07, 6.45) is 5.55. The van der Waals surface area contributed by atoms with Crippen molar-refractivity contribution in [2.45, 2.75) is 13.3 Å². The SMILES string of the molecule is C=C(C#N)/C=C\C=C(/C)CC#N. The number of hydrogen-bond acceptors (Lipinski definition) is 2. The molecule has 60 valence electrons. The Balaban J connectivity index is 4.07. The van der Waals surface area contributed by atoms with Crippen molar-refractivity contribution in [2.75, 3.05) is 0 Å². The van der Waals surface area contributed by atoms with Gasteiger partial charge in [-0.1, -0.05) is 24.3 Å². The van der Waals surface area contributed by atoms with Crippen LogP contribution >= 0.6 is 0 Å². The molecule has 0 saturated heterocycles. The molecule has 2 heteroatoms. The van der Waals surface area contributed by atoms with Crippen LogP contribution in [-0.4, -0.2) is 0 Å². The number of nitrogens with zero attached hydrogens (tertiary/aromatic N) is 2. The van der Waals surface area contributed by atoms with Gasteiger partial charge >= 0.3 is 0 Å².